The van der Waals surface area contributed by atoms with E-state index >= 15 is 0 Å². The van der Waals surface area contributed by atoms with Crippen molar-refractivity contribution < 1.29 is 14.1 Å². The molecular formula is C22H25N3O3. The summed E-state index contributed by atoms with van der Waals surface area (Å²) in [5.41, 5.74) is 1.42. The van der Waals surface area contributed by atoms with Crippen LogP contribution in [0.4, 0.5) is 0 Å². The Labute approximate surface area is 165 Å². The molecule has 0 aliphatic heterocycles. The average molecular weight is 379 g/mol. The van der Waals surface area contributed by atoms with Gasteiger partial charge >= 0.3 is 0 Å². The molecule has 0 aliphatic carbocycles. The lowest BCUT2D eigenvalue weighted by Crippen LogP contribution is -2.45. The van der Waals surface area contributed by atoms with Crippen LogP contribution in [0.2, 0.25) is 0 Å². The maximum Gasteiger partial charge on any atom is 0.246 e. The molecule has 6 heteroatoms. The molecule has 0 N–H and O–H groups in total. The zero-order valence-electron chi connectivity index (χ0n) is 16.7. The van der Waals surface area contributed by atoms with Gasteiger partial charge in [-0.05, 0) is 38.5 Å². The summed E-state index contributed by atoms with van der Waals surface area (Å²) in [5, 5.41) is 4.05. The molecule has 1 heterocycles. The summed E-state index contributed by atoms with van der Waals surface area (Å²) in [6, 6.07) is 17.1. The van der Waals surface area contributed by atoms with Gasteiger partial charge in [-0.3, -0.25) is 4.79 Å². The minimum Gasteiger partial charge on any atom is -0.497 e. The molecule has 0 atom stereocenters. The van der Waals surface area contributed by atoms with Crippen molar-refractivity contribution in [1.29, 1.82) is 0 Å². The molecule has 0 saturated carbocycles. The summed E-state index contributed by atoms with van der Waals surface area (Å²) in [6.07, 6.45) is 0.293. The predicted octanol–water partition coefficient (Wildman–Crippen LogP) is 4.12. The summed E-state index contributed by atoms with van der Waals surface area (Å²) < 4.78 is 10.6. The van der Waals surface area contributed by atoms with Crippen molar-refractivity contribution in [2.75, 3.05) is 7.11 Å². The highest BCUT2D eigenvalue weighted by Gasteiger charge is 2.28. The molecule has 3 rings (SSSR count). The smallest absolute Gasteiger partial charge is 0.246 e. The summed E-state index contributed by atoms with van der Waals surface area (Å²) in [5.74, 6) is 1.70. The van der Waals surface area contributed by atoms with Crippen LogP contribution in [0, 0.1) is 0 Å². The van der Waals surface area contributed by atoms with Gasteiger partial charge in [-0.25, -0.2) is 0 Å². The first-order valence-corrected chi connectivity index (χ1v) is 9.18. The van der Waals surface area contributed by atoms with Gasteiger partial charge in [-0.1, -0.05) is 47.6 Å². The van der Waals surface area contributed by atoms with Crippen LogP contribution in [-0.2, 0) is 17.8 Å². The van der Waals surface area contributed by atoms with Crippen LogP contribution in [0.5, 0.6) is 5.75 Å². The molecule has 2 aromatic carbocycles. The molecule has 0 unspecified atom stereocenters. The zero-order valence-corrected chi connectivity index (χ0v) is 16.7. The topological polar surface area (TPSA) is 68.5 Å². The number of aromatic nitrogens is 2. The molecule has 0 saturated heterocycles. The Morgan fingerprint density at radius 3 is 2.36 bits per heavy atom. The number of carbonyl (C=O) groups is 1. The first kappa shape index (κ1) is 19.6. The van der Waals surface area contributed by atoms with E-state index < -0.39 is 0 Å². The van der Waals surface area contributed by atoms with Gasteiger partial charge in [-0.15, -0.1) is 0 Å². The number of benzene rings is 2. The van der Waals surface area contributed by atoms with Gasteiger partial charge in [0.2, 0.25) is 17.6 Å². The van der Waals surface area contributed by atoms with Gasteiger partial charge in [0.1, 0.15) is 12.3 Å². The van der Waals surface area contributed by atoms with Gasteiger partial charge in [0.25, 0.3) is 0 Å². The van der Waals surface area contributed by atoms with Crippen LogP contribution in [0.3, 0.4) is 0 Å². The standard InChI is InChI=1S/C22H25N3O3/c1-22(2,3)25(20(26)14-16-10-12-18(27-4)13-11-16)15-19-23-21(24-28-19)17-8-6-5-7-9-17/h5-13H,14-15H2,1-4H3. The monoisotopic (exact) mass is 379 g/mol. The molecule has 0 spiro atoms. The SMILES string of the molecule is COc1ccc(CC(=O)N(Cc2nc(-c3ccccc3)no2)C(C)(C)C)cc1. The Hall–Kier alpha value is -3.15. The summed E-state index contributed by atoms with van der Waals surface area (Å²) in [6.45, 7) is 6.24. The minimum absolute atomic E-state index is 0.00266. The van der Waals surface area contributed by atoms with E-state index in [1.807, 2.05) is 75.4 Å². The summed E-state index contributed by atoms with van der Waals surface area (Å²) >= 11 is 0. The Morgan fingerprint density at radius 2 is 1.75 bits per heavy atom. The Kier molecular flexibility index (Phi) is 5.78. The number of ether oxygens (including phenoxy) is 1. The van der Waals surface area contributed by atoms with Gasteiger partial charge < -0.3 is 14.2 Å². The molecule has 0 fully saturated rings. The van der Waals surface area contributed by atoms with Crippen LogP contribution >= 0.6 is 0 Å². The second-order valence-corrected chi connectivity index (χ2v) is 7.55. The predicted molar refractivity (Wildman–Crippen MR) is 107 cm³/mol. The van der Waals surface area contributed by atoms with E-state index in [0.29, 0.717) is 18.1 Å². The van der Waals surface area contributed by atoms with E-state index in [9.17, 15) is 4.79 Å². The molecule has 0 aliphatic rings. The number of amides is 1. The fourth-order valence-electron chi connectivity index (χ4n) is 2.87. The zero-order chi connectivity index (χ0) is 20.1. The van der Waals surface area contributed by atoms with E-state index in [1.54, 1.807) is 12.0 Å². The minimum atomic E-state index is -0.384. The molecule has 0 bridgehead atoms. The van der Waals surface area contributed by atoms with E-state index in [2.05, 4.69) is 10.1 Å². The van der Waals surface area contributed by atoms with E-state index in [4.69, 9.17) is 9.26 Å². The Balaban J connectivity index is 1.75. The maximum atomic E-state index is 13.0. The fourth-order valence-corrected chi connectivity index (χ4v) is 2.87. The molecule has 1 aromatic heterocycles. The molecule has 0 radical (unpaired) electrons. The van der Waals surface area contributed by atoms with Crippen LogP contribution in [0.25, 0.3) is 11.4 Å². The Bertz CT molecular complexity index is 912. The van der Waals surface area contributed by atoms with Gasteiger partial charge in [-0.2, -0.15) is 4.98 Å². The lowest BCUT2D eigenvalue weighted by atomic mass is 10.0. The highest BCUT2D eigenvalue weighted by Crippen LogP contribution is 2.21. The van der Waals surface area contributed by atoms with E-state index in [1.165, 1.54) is 0 Å². The summed E-state index contributed by atoms with van der Waals surface area (Å²) in [4.78, 5) is 19.2. The third-order valence-corrected chi connectivity index (χ3v) is 4.42. The average Bonchev–Trinajstić information content (AvgIpc) is 3.15. The van der Waals surface area contributed by atoms with E-state index in [-0.39, 0.29) is 18.0 Å². The first-order valence-electron chi connectivity index (χ1n) is 9.18. The second-order valence-electron chi connectivity index (χ2n) is 7.55. The number of nitrogens with zero attached hydrogens (tertiary/aromatic N) is 3. The second kappa shape index (κ2) is 8.25. The highest BCUT2D eigenvalue weighted by molar-refractivity contribution is 5.79. The van der Waals surface area contributed by atoms with Crippen molar-refractivity contribution in [2.24, 2.45) is 0 Å². The van der Waals surface area contributed by atoms with E-state index in [0.717, 1.165) is 16.9 Å². The van der Waals surface area contributed by atoms with Gasteiger partial charge in [0, 0.05) is 11.1 Å². The molecule has 28 heavy (non-hydrogen) atoms. The van der Waals surface area contributed by atoms with Crippen molar-refractivity contribution in [3.8, 4) is 17.1 Å². The van der Waals surface area contributed by atoms with Gasteiger partial charge in [0.05, 0.1) is 13.5 Å². The third-order valence-electron chi connectivity index (χ3n) is 4.42. The first-order chi connectivity index (χ1) is 13.4. The Morgan fingerprint density at radius 1 is 1.07 bits per heavy atom. The highest BCUT2D eigenvalue weighted by atomic mass is 16.5. The van der Waals surface area contributed by atoms with Crippen LogP contribution in [-0.4, -0.2) is 33.6 Å². The number of hydrogen-bond donors (Lipinski definition) is 0. The van der Waals surface area contributed by atoms with Crippen molar-refractivity contribution in [1.82, 2.24) is 15.0 Å². The van der Waals surface area contributed by atoms with Crippen molar-refractivity contribution in [3.05, 3.63) is 66.1 Å². The fraction of sp³-hybridized carbons (Fsp3) is 0.318. The van der Waals surface area contributed by atoms with Gasteiger partial charge in [0.15, 0.2) is 0 Å². The van der Waals surface area contributed by atoms with Crippen molar-refractivity contribution >= 4 is 5.91 Å². The quantitative estimate of drug-likeness (QED) is 0.644. The number of methoxy groups -OCH3 is 1. The van der Waals surface area contributed by atoms with Crippen LogP contribution in [0.15, 0.2) is 59.1 Å². The van der Waals surface area contributed by atoms with Crippen LogP contribution in [0.1, 0.15) is 32.2 Å². The van der Waals surface area contributed by atoms with Crippen LogP contribution < -0.4 is 4.74 Å². The normalized spacial score (nSPS) is 11.3. The number of carbonyl (C=O) groups excluding carboxylic acids is 1. The molecule has 146 valence electrons. The molecule has 6 nitrogen and oxygen atoms in total. The lowest BCUT2D eigenvalue weighted by molar-refractivity contribution is -0.136. The van der Waals surface area contributed by atoms with Crippen molar-refractivity contribution in [2.45, 2.75) is 39.3 Å². The molecule has 3 aromatic rings. The largest absolute Gasteiger partial charge is 0.497 e. The molecular weight excluding hydrogens is 354 g/mol. The third kappa shape index (κ3) is 4.76. The summed E-state index contributed by atoms with van der Waals surface area (Å²) in [7, 11) is 1.62. The number of rotatable bonds is 6. The number of hydrogen-bond acceptors (Lipinski definition) is 5. The molecule has 1 amide bonds. The lowest BCUT2D eigenvalue weighted by Gasteiger charge is -2.34. The van der Waals surface area contributed by atoms with Crippen molar-refractivity contribution in [3.63, 3.8) is 0 Å². The maximum absolute atomic E-state index is 13.0.